The zero-order valence-electron chi connectivity index (χ0n) is 8.14. The van der Waals surface area contributed by atoms with Crippen molar-refractivity contribution in [1.29, 1.82) is 0 Å². The van der Waals surface area contributed by atoms with E-state index >= 15 is 0 Å². The van der Waals surface area contributed by atoms with E-state index in [2.05, 4.69) is 0 Å². The van der Waals surface area contributed by atoms with Gasteiger partial charge in [0.15, 0.2) is 0 Å². The highest BCUT2D eigenvalue weighted by molar-refractivity contribution is 5.77. The molecule has 0 aliphatic heterocycles. The largest absolute Gasteiger partial charge is 0.480 e. The Bertz CT molecular complexity index is 208. The summed E-state index contributed by atoms with van der Waals surface area (Å²) in [4.78, 5) is 21.1. The number of carboxylic acid groups (broad SMARTS) is 1. The van der Waals surface area contributed by atoms with Gasteiger partial charge in [0.25, 0.3) is 0 Å². The van der Waals surface area contributed by atoms with Gasteiger partial charge in [0, 0.05) is 13.0 Å². The second-order valence-corrected chi connectivity index (χ2v) is 3.02. The van der Waals surface area contributed by atoms with Crippen molar-refractivity contribution >= 4 is 11.9 Å². The van der Waals surface area contributed by atoms with Gasteiger partial charge in [-0.15, -0.1) is 0 Å². The lowest BCUT2D eigenvalue weighted by molar-refractivity contribution is -0.170. The molecule has 0 saturated heterocycles. The smallest absolute Gasteiger partial charge is 0.323 e. The first-order valence-corrected chi connectivity index (χ1v) is 4.45. The Morgan fingerprint density at radius 3 is 2.43 bits per heavy atom. The SMILES string of the molecule is CCCN(O)[C@@H](CCC(N)=O)C(=O)O. The van der Waals surface area contributed by atoms with Crippen molar-refractivity contribution in [2.45, 2.75) is 32.2 Å². The van der Waals surface area contributed by atoms with E-state index in [0.29, 0.717) is 6.42 Å². The fourth-order valence-corrected chi connectivity index (χ4v) is 1.06. The van der Waals surface area contributed by atoms with Gasteiger partial charge in [-0.25, -0.2) is 0 Å². The number of amides is 1. The van der Waals surface area contributed by atoms with Crippen molar-refractivity contribution in [3.63, 3.8) is 0 Å². The molecule has 4 N–H and O–H groups in total. The van der Waals surface area contributed by atoms with Gasteiger partial charge in [-0.1, -0.05) is 6.92 Å². The maximum atomic E-state index is 10.7. The standard InChI is InChI=1S/C8H16N2O4/c1-2-5-10(14)6(8(12)13)3-4-7(9)11/h6,14H,2-5H2,1H3,(H2,9,11)(H,12,13)/t6-/m0/s1. The highest BCUT2D eigenvalue weighted by Gasteiger charge is 2.23. The molecule has 0 aliphatic carbocycles. The van der Waals surface area contributed by atoms with Crippen molar-refractivity contribution in [3.8, 4) is 0 Å². The number of carbonyl (C=O) groups excluding carboxylic acids is 1. The molecule has 0 spiro atoms. The van der Waals surface area contributed by atoms with Gasteiger partial charge in [0.05, 0.1) is 0 Å². The molecule has 0 fully saturated rings. The number of hydrogen-bond donors (Lipinski definition) is 3. The number of carboxylic acids is 1. The fraction of sp³-hybridized carbons (Fsp3) is 0.750. The van der Waals surface area contributed by atoms with E-state index in [1.165, 1.54) is 0 Å². The third-order valence-electron chi connectivity index (χ3n) is 1.76. The number of aliphatic carboxylic acids is 1. The van der Waals surface area contributed by atoms with E-state index < -0.39 is 17.9 Å². The molecule has 0 unspecified atom stereocenters. The quantitative estimate of drug-likeness (QED) is 0.498. The molecule has 0 aromatic rings. The van der Waals surface area contributed by atoms with E-state index in [4.69, 9.17) is 10.8 Å². The third-order valence-corrected chi connectivity index (χ3v) is 1.76. The van der Waals surface area contributed by atoms with Crippen LogP contribution in [0.4, 0.5) is 0 Å². The molecule has 0 saturated carbocycles. The molecule has 14 heavy (non-hydrogen) atoms. The lowest BCUT2D eigenvalue weighted by Crippen LogP contribution is -2.40. The Hall–Kier alpha value is -1.14. The first-order valence-electron chi connectivity index (χ1n) is 4.45. The molecular formula is C8H16N2O4. The molecule has 82 valence electrons. The summed E-state index contributed by atoms with van der Waals surface area (Å²) in [5.41, 5.74) is 4.88. The van der Waals surface area contributed by atoms with E-state index in [1.54, 1.807) is 0 Å². The molecule has 0 heterocycles. The minimum Gasteiger partial charge on any atom is -0.480 e. The molecular weight excluding hydrogens is 188 g/mol. The average Bonchev–Trinajstić information content (AvgIpc) is 2.03. The summed E-state index contributed by atoms with van der Waals surface area (Å²) in [5, 5.41) is 18.7. The summed E-state index contributed by atoms with van der Waals surface area (Å²) in [7, 11) is 0. The van der Waals surface area contributed by atoms with E-state index in [9.17, 15) is 14.8 Å². The summed E-state index contributed by atoms with van der Waals surface area (Å²) < 4.78 is 0. The van der Waals surface area contributed by atoms with Crippen molar-refractivity contribution in [2.75, 3.05) is 6.54 Å². The molecule has 0 bridgehead atoms. The van der Waals surface area contributed by atoms with Crippen molar-refractivity contribution in [3.05, 3.63) is 0 Å². The molecule has 6 heteroatoms. The van der Waals surface area contributed by atoms with Crippen molar-refractivity contribution in [1.82, 2.24) is 5.06 Å². The maximum Gasteiger partial charge on any atom is 0.323 e. The van der Waals surface area contributed by atoms with Crippen molar-refractivity contribution < 1.29 is 19.9 Å². The van der Waals surface area contributed by atoms with Crippen LogP contribution in [0.3, 0.4) is 0 Å². The van der Waals surface area contributed by atoms with E-state index in [0.717, 1.165) is 5.06 Å². The minimum absolute atomic E-state index is 0.0289. The number of nitrogens with two attached hydrogens (primary N) is 1. The summed E-state index contributed by atoms with van der Waals surface area (Å²) in [6.45, 7) is 2.08. The number of nitrogens with zero attached hydrogens (tertiary/aromatic N) is 1. The Morgan fingerprint density at radius 1 is 1.50 bits per heavy atom. The number of primary amides is 1. The highest BCUT2D eigenvalue weighted by atomic mass is 16.5. The average molecular weight is 204 g/mol. The predicted octanol–water partition coefficient (Wildman–Crippen LogP) is -0.194. The number of hydrogen-bond acceptors (Lipinski definition) is 4. The van der Waals surface area contributed by atoms with Crippen molar-refractivity contribution in [2.24, 2.45) is 5.73 Å². The van der Waals surface area contributed by atoms with Crippen LogP contribution < -0.4 is 5.73 Å². The van der Waals surface area contributed by atoms with Crippen LogP contribution in [-0.4, -0.2) is 39.8 Å². The molecule has 6 nitrogen and oxygen atoms in total. The van der Waals surface area contributed by atoms with Crippen LogP contribution >= 0.6 is 0 Å². The maximum absolute atomic E-state index is 10.7. The Balaban J connectivity index is 4.14. The molecule has 1 amide bonds. The van der Waals surface area contributed by atoms with Gasteiger partial charge in [-0.3, -0.25) is 9.59 Å². The van der Waals surface area contributed by atoms with Gasteiger partial charge in [-0.2, -0.15) is 5.06 Å². The fourth-order valence-electron chi connectivity index (χ4n) is 1.06. The third kappa shape index (κ3) is 4.78. The first kappa shape index (κ1) is 12.9. The number of rotatable bonds is 7. The lowest BCUT2D eigenvalue weighted by Gasteiger charge is -2.21. The lowest BCUT2D eigenvalue weighted by atomic mass is 10.1. The number of hydroxylamine groups is 2. The first-order chi connectivity index (χ1) is 6.49. The monoisotopic (exact) mass is 204 g/mol. The topological polar surface area (TPSA) is 104 Å². The molecule has 0 rings (SSSR count). The van der Waals surface area contributed by atoms with Crippen LogP contribution in [0.1, 0.15) is 26.2 Å². The molecule has 1 atom stereocenters. The Labute approximate surface area is 82.3 Å². The van der Waals surface area contributed by atoms with Crippen LogP contribution in [0.25, 0.3) is 0 Å². The van der Waals surface area contributed by atoms with Crippen LogP contribution in [0.2, 0.25) is 0 Å². The normalized spacial score (nSPS) is 12.8. The van der Waals surface area contributed by atoms with Gasteiger partial charge in [-0.05, 0) is 12.8 Å². The van der Waals surface area contributed by atoms with Crippen LogP contribution in [-0.2, 0) is 9.59 Å². The predicted molar refractivity (Wildman–Crippen MR) is 48.6 cm³/mol. The van der Waals surface area contributed by atoms with Crippen LogP contribution in [0.5, 0.6) is 0 Å². The molecule has 0 radical (unpaired) electrons. The van der Waals surface area contributed by atoms with Gasteiger partial charge in [0.1, 0.15) is 6.04 Å². The van der Waals surface area contributed by atoms with Gasteiger partial charge < -0.3 is 16.0 Å². The van der Waals surface area contributed by atoms with Gasteiger partial charge >= 0.3 is 5.97 Å². The second kappa shape index (κ2) is 6.33. The van der Waals surface area contributed by atoms with Crippen LogP contribution in [0.15, 0.2) is 0 Å². The zero-order valence-corrected chi connectivity index (χ0v) is 8.14. The van der Waals surface area contributed by atoms with Crippen LogP contribution in [0, 0.1) is 0 Å². The number of carbonyl (C=O) groups is 2. The Morgan fingerprint density at radius 2 is 2.07 bits per heavy atom. The minimum atomic E-state index is -1.15. The molecule has 0 aliphatic rings. The second-order valence-electron chi connectivity index (χ2n) is 3.02. The summed E-state index contributed by atoms with van der Waals surface area (Å²) in [6, 6.07) is -1.05. The van der Waals surface area contributed by atoms with E-state index in [1.807, 2.05) is 6.92 Å². The zero-order chi connectivity index (χ0) is 11.1. The highest BCUT2D eigenvalue weighted by Crippen LogP contribution is 2.05. The summed E-state index contributed by atoms with van der Waals surface area (Å²) in [6.07, 6.45) is 0.621. The Kier molecular flexibility index (Phi) is 5.82. The van der Waals surface area contributed by atoms with E-state index in [-0.39, 0.29) is 19.4 Å². The summed E-state index contributed by atoms with van der Waals surface area (Å²) >= 11 is 0. The molecule has 0 aromatic heterocycles. The van der Waals surface area contributed by atoms with Gasteiger partial charge in [0.2, 0.25) is 5.91 Å². The summed E-state index contributed by atoms with van der Waals surface area (Å²) in [5.74, 6) is -1.72. The molecule has 0 aromatic carbocycles.